The molecule has 2 heterocycles. The van der Waals surface area contributed by atoms with Crippen LogP contribution in [0.4, 0.5) is 8.78 Å². The molecule has 1 aliphatic heterocycles. The lowest BCUT2D eigenvalue weighted by atomic mass is 9.74. The summed E-state index contributed by atoms with van der Waals surface area (Å²) < 4.78 is 34.7. The molecule has 8 heteroatoms. The van der Waals surface area contributed by atoms with E-state index in [1.54, 1.807) is 22.7 Å². The van der Waals surface area contributed by atoms with Crippen molar-refractivity contribution < 1.29 is 23.1 Å². The van der Waals surface area contributed by atoms with Crippen molar-refractivity contribution in [3.05, 3.63) is 53.4 Å². The summed E-state index contributed by atoms with van der Waals surface area (Å²) in [6.07, 6.45) is 4.27. The van der Waals surface area contributed by atoms with Gasteiger partial charge in [-0.15, -0.1) is 0 Å². The van der Waals surface area contributed by atoms with E-state index in [0.717, 1.165) is 6.07 Å². The highest BCUT2D eigenvalue weighted by Gasteiger charge is 2.45. The average Bonchev–Trinajstić information content (AvgIpc) is 3.20. The van der Waals surface area contributed by atoms with Gasteiger partial charge in [-0.25, -0.2) is 8.78 Å². The normalized spacial score (nSPS) is 19.2. The number of amides is 1. The van der Waals surface area contributed by atoms with Crippen LogP contribution in [0.1, 0.15) is 55.6 Å². The molecule has 1 amide bonds. The molecule has 1 aliphatic rings. The quantitative estimate of drug-likeness (QED) is 0.669. The number of carbonyl (C=O) groups is 2. The van der Waals surface area contributed by atoms with E-state index in [1.165, 1.54) is 18.3 Å². The molecule has 1 aromatic carbocycles. The van der Waals surface area contributed by atoms with E-state index >= 15 is 0 Å². The third-order valence-electron chi connectivity index (χ3n) is 5.49. The summed E-state index contributed by atoms with van der Waals surface area (Å²) in [7, 11) is 0. The molecule has 1 aromatic heterocycles. The monoisotopic (exact) mass is 419 g/mol. The number of rotatable bonds is 6. The summed E-state index contributed by atoms with van der Waals surface area (Å²) in [6, 6.07) is 3.44. The lowest BCUT2D eigenvalue weighted by Crippen LogP contribution is -2.51. The van der Waals surface area contributed by atoms with Gasteiger partial charge in [0.2, 0.25) is 0 Å². The fraction of sp³-hybridized carbons (Fsp3) is 0.500. The Labute approximate surface area is 174 Å². The molecule has 0 radical (unpaired) electrons. The highest BCUT2D eigenvalue weighted by molar-refractivity contribution is 5.94. The van der Waals surface area contributed by atoms with Crippen molar-refractivity contribution in [1.82, 2.24) is 14.7 Å². The predicted molar refractivity (Wildman–Crippen MR) is 107 cm³/mol. The second-order valence-corrected chi connectivity index (χ2v) is 8.05. The number of aromatic nitrogens is 2. The van der Waals surface area contributed by atoms with Crippen LogP contribution in [-0.4, -0.2) is 46.3 Å². The van der Waals surface area contributed by atoms with Gasteiger partial charge in [0.15, 0.2) is 0 Å². The molecule has 0 bridgehead atoms. The largest absolute Gasteiger partial charge is 0.466 e. The first-order chi connectivity index (χ1) is 14.3. The van der Waals surface area contributed by atoms with Gasteiger partial charge in [0.1, 0.15) is 11.6 Å². The standard InChI is InChI=1S/C22H27F2N3O3/c1-4-30-21(29)22(11-16-6-7-18(23)10-19(16)24)8-5-9-26(14-22)20(28)17-12-25-27(13-17)15(2)3/h6-7,10,12-13,15H,4-5,8-9,11,14H2,1-3H3/t22-/m1/s1. The fourth-order valence-corrected chi connectivity index (χ4v) is 3.92. The number of esters is 1. The maximum atomic E-state index is 14.3. The molecule has 0 saturated carbocycles. The Kier molecular flexibility index (Phi) is 6.53. The number of carbonyl (C=O) groups excluding carboxylic acids is 2. The van der Waals surface area contributed by atoms with Gasteiger partial charge in [-0.05, 0) is 51.7 Å². The van der Waals surface area contributed by atoms with Crippen molar-refractivity contribution >= 4 is 11.9 Å². The number of benzene rings is 1. The molecule has 1 saturated heterocycles. The van der Waals surface area contributed by atoms with Gasteiger partial charge in [-0.3, -0.25) is 14.3 Å². The van der Waals surface area contributed by atoms with Gasteiger partial charge in [0.05, 0.1) is 23.8 Å². The van der Waals surface area contributed by atoms with E-state index in [1.807, 2.05) is 13.8 Å². The lowest BCUT2D eigenvalue weighted by molar-refractivity contribution is -0.158. The number of nitrogens with zero attached hydrogens (tertiary/aromatic N) is 3. The average molecular weight is 419 g/mol. The number of halogens is 2. The Bertz CT molecular complexity index is 928. The molecule has 1 atom stereocenters. The Morgan fingerprint density at radius 3 is 2.70 bits per heavy atom. The summed E-state index contributed by atoms with van der Waals surface area (Å²) in [5.41, 5.74) is -0.418. The Morgan fingerprint density at radius 1 is 1.30 bits per heavy atom. The van der Waals surface area contributed by atoms with Crippen LogP contribution in [0.5, 0.6) is 0 Å². The van der Waals surface area contributed by atoms with Crippen LogP contribution in [0.15, 0.2) is 30.6 Å². The smallest absolute Gasteiger partial charge is 0.314 e. The molecule has 6 nitrogen and oxygen atoms in total. The van der Waals surface area contributed by atoms with Crippen LogP contribution < -0.4 is 0 Å². The summed E-state index contributed by atoms with van der Waals surface area (Å²) >= 11 is 0. The highest BCUT2D eigenvalue weighted by atomic mass is 19.1. The number of piperidine rings is 1. The third kappa shape index (κ3) is 4.52. The van der Waals surface area contributed by atoms with Gasteiger partial charge < -0.3 is 9.64 Å². The zero-order valence-electron chi connectivity index (χ0n) is 17.5. The third-order valence-corrected chi connectivity index (χ3v) is 5.49. The molecule has 0 unspecified atom stereocenters. The van der Waals surface area contributed by atoms with Gasteiger partial charge in [-0.2, -0.15) is 5.10 Å². The van der Waals surface area contributed by atoms with E-state index in [2.05, 4.69) is 5.10 Å². The maximum Gasteiger partial charge on any atom is 0.314 e. The summed E-state index contributed by atoms with van der Waals surface area (Å²) in [6.45, 7) is 6.40. The predicted octanol–water partition coefficient (Wildman–Crippen LogP) is 3.77. The number of likely N-dealkylation sites (tertiary alicyclic amines) is 1. The Hall–Kier alpha value is -2.77. The maximum absolute atomic E-state index is 14.3. The second-order valence-electron chi connectivity index (χ2n) is 8.05. The van der Waals surface area contributed by atoms with Crippen LogP contribution >= 0.6 is 0 Å². The molecule has 0 aliphatic carbocycles. The van der Waals surface area contributed by atoms with E-state index in [4.69, 9.17) is 4.74 Å². The first-order valence-electron chi connectivity index (χ1n) is 10.2. The minimum atomic E-state index is -1.09. The zero-order valence-corrected chi connectivity index (χ0v) is 17.5. The first kappa shape index (κ1) is 21.9. The van der Waals surface area contributed by atoms with Gasteiger partial charge in [-0.1, -0.05) is 6.07 Å². The van der Waals surface area contributed by atoms with Crippen molar-refractivity contribution in [2.45, 2.75) is 46.1 Å². The van der Waals surface area contributed by atoms with Crippen molar-refractivity contribution in [1.29, 1.82) is 0 Å². The molecule has 1 fully saturated rings. The van der Waals surface area contributed by atoms with Crippen molar-refractivity contribution in [2.75, 3.05) is 19.7 Å². The van der Waals surface area contributed by atoms with Crippen LogP contribution in [0, 0.1) is 17.0 Å². The summed E-state index contributed by atoms with van der Waals surface area (Å²) in [4.78, 5) is 27.6. The SMILES string of the molecule is CCOC(=O)[C@@]1(Cc2ccc(F)cc2F)CCCN(C(=O)c2cnn(C(C)C)c2)C1. The van der Waals surface area contributed by atoms with Crippen LogP contribution in [0.3, 0.4) is 0 Å². The van der Waals surface area contributed by atoms with Gasteiger partial charge in [0.25, 0.3) is 5.91 Å². The van der Waals surface area contributed by atoms with Gasteiger partial charge in [0, 0.05) is 31.4 Å². The van der Waals surface area contributed by atoms with Gasteiger partial charge >= 0.3 is 5.97 Å². The van der Waals surface area contributed by atoms with E-state index in [0.29, 0.717) is 24.9 Å². The minimum Gasteiger partial charge on any atom is -0.466 e. The molecule has 3 rings (SSSR count). The molecular weight excluding hydrogens is 392 g/mol. The van der Waals surface area contributed by atoms with Crippen LogP contribution in [0.2, 0.25) is 0 Å². The van der Waals surface area contributed by atoms with E-state index in [-0.39, 0.29) is 37.1 Å². The Morgan fingerprint density at radius 2 is 2.07 bits per heavy atom. The van der Waals surface area contributed by atoms with E-state index < -0.39 is 23.0 Å². The van der Waals surface area contributed by atoms with E-state index in [9.17, 15) is 18.4 Å². The van der Waals surface area contributed by atoms with Crippen LogP contribution in [-0.2, 0) is 16.0 Å². The molecular formula is C22H27F2N3O3. The highest BCUT2D eigenvalue weighted by Crippen LogP contribution is 2.36. The van der Waals surface area contributed by atoms with Crippen molar-refractivity contribution in [3.8, 4) is 0 Å². The molecule has 30 heavy (non-hydrogen) atoms. The topological polar surface area (TPSA) is 64.4 Å². The Balaban J connectivity index is 1.88. The molecule has 0 spiro atoms. The molecule has 0 N–H and O–H groups in total. The first-order valence-corrected chi connectivity index (χ1v) is 10.2. The lowest BCUT2D eigenvalue weighted by Gasteiger charge is -2.41. The number of ether oxygens (including phenoxy) is 1. The molecule has 162 valence electrons. The van der Waals surface area contributed by atoms with Crippen molar-refractivity contribution in [2.24, 2.45) is 5.41 Å². The number of hydrogen-bond donors (Lipinski definition) is 0. The minimum absolute atomic E-state index is 0.0347. The number of hydrogen-bond acceptors (Lipinski definition) is 4. The van der Waals surface area contributed by atoms with Crippen molar-refractivity contribution in [3.63, 3.8) is 0 Å². The van der Waals surface area contributed by atoms with Crippen LogP contribution in [0.25, 0.3) is 0 Å². The summed E-state index contributed by atoms with van der Waals surface area (Å²) in [5.74, 6) is -2.08. The fourth-order valence-electron chi connectivity index (χ4n) is 3.92. The molecule has 2 aromatic rings. The second kappa shape index (κ2) is 8.93. The summed E-state index contributed by atoms with van der Waals surface area (Å²) in [5, 5.41) is 4.21. The zero-order chi connectivity index (χ0) is 21.9.